The Morgan fingerprint density at radius 1 is 1.15 bits per heavy atom. The number of carbonyl (C=O) groups excluding carboxylic acids is 1. The Kier molecular flexibility index (Phi) is 6.60. The van der Waals surface area contributed by atoms with Crippen LogP contribution in [-0.4, -0.2) is 53.6 Å². The van der Waals surface area contributed by atoms with Gasteiger partial charge < -0.3 is 15.0 Å². The quantitative estimate of drug-likeness (QED) is 0.521. The highest BCUT2D eigenvalue weighted by Crippen LogP contribution is 2.41. The van der Waals surface area contributed by atoms with Crippen molar-refractivity contribution in [3.8, 4) is 5.75 Å². The van der Waals surface area contributed by atoms with Crippen LogP contribution in [0.15, 0.2) is 48.8 Å². The molecule has 7 nitrogen and oxygen atoms in total. The number of aromatic nitrogens is 2. The summed E-state index contributed by atoms with van der Waals surface area (Å²) >= 11 is 5.93. The third kappa shape index (κ3) is 4.56. The van der Waals surface area contributed by atoms with Gasteiger partial charge in [0.2, 0.25) is 0 Å². The number of ether oxygens (including phenoxy) is 1. The van der Waals surface area contributed by atoms with Crippen molar-refractivity contribution in [1.29, 1.82) is 0 Å². The predicted octanol–water partition coefficient (Wildman–Crippen LogP) is 4.93. The second-order valence-electron chi connectivity index (χ2n) is 8.36. The molecule has 3 heterocycles. The van der Waals surface area contributed by atoms with E-state index in [9.17, 15) is 9.18 Å². The van der Waals surface area contributed by atoms with Gasteiger partial charge in [-0.05, 0) is 50.2 Å². The van der Waals surface area contributed by atoms with E-state index in [1.165, 1.54) is 31.7 Å². The van der Waals surface area contributed by atoms with Crippen molar-refractivity contribution in [2.24, 2.45) is 0 Å². The Morgan fingerprint density at radius 2 is 2.00 bits per heavy atom. The molecule has 0 saturated carbocycles. The van der Waals surface area contributed by atoms with Crippen LogP contribution in [-0.2, 0) is 4.79 Å². The van der Waals surface area contributed by atoms with Crippen molar-refractivity contribution in [2.45, 2.75) is 19.3 Å². The fourth-order valence-corrected chi connectivity index (χ4v) is 4.59. The second kappa shape index (κ2) is 9.95. The zero-order chi connectivity index (χ0) is 23.5. The van der Waals surface area contributed by atoms with E-state index in [1.54, 1.807) is 23.1 Å². The fourth-order valence-electron chi connectivity index (χ4n) is 4.42. The average Bonchev–Trinajstić information content (AvgIpc) is 2.87. The molecule has 2 aliphatic rings. The Balaban J connectivity index is 1.44. The van der Waals surface area contributed by atoms with Crippen LogP contribution < -0.4 is 15.0 Å². The maximum Gasteiger partial charge on any atom is 0.250 e. The van der Waals surface area contributed by atoms with Crippen LogP contribution in [0.25, 0.3) is 10.9 Å². The molecule has 1 saturated heterocycles. The molecular weight excluding hydrogens is 457 g/mol. The number of nitrogens with one attached hydrogen (secondary N) is 1. The molecule has 2 aliphatic heterocycles. The van der Waals surface area contributed by atoms with Crippen molar-refractivity contribution in [1.82, 2.24) is 14.9 Å². The van der Waals surface area contributed by atoms with E-state index in [1.807, 2.05) is 18.2 Å². The van der Waals surface area contributed by atoms with Crippen molar-refractivity contribution in [3.05, 3.63) is 59.7 Å². The summed E-state index contributed by atoms with van der Waals surface area (Å²) in [4.78, 5) is 25.8. The highest BCUT2D eigenvalue weighted by Gasteiger charge is 2.26. The SMILES string of the molecule is O=C(/C=C/CN1CCCCC1)N1CCOc2c1ccc1ncnc(Nc3cccc(Cl)c3F)c21. The molecule has 1 fully saturated rings. The molecule has 3 aromatic rings. The number of fused-ring (bicyclic) bond motifs is 3. The number of likely N-dealkylation sites (tertiary alicyclic amines) is 1. The van der Waals surface area contributed by atoms with E-state index in [4.69, 9.17) is 16.3 Å². The average molecular weight is 482 g/mol. The summed E-state index contributed by atoms with van der Waals surface area (Å²) in [6, 6.07) is 8.34. The number of rotatable bonds is 5. The van der Waals surface area contributed by atoms with Crippen LogP contribution in [0.2, 0.25) is 5.02 Å². The molecule has 1 N–H and O–H groups in total. The third-order valence-electron chi connectivity index (χ3n) is 6.13. The highest BCUT2D eigenvalue weighted by atomic mass is 35.5. The Bertz CT molecular complexity index is 1250. The first-order chi connectivity index (χ1) is 16.6. The van der Waals surface area contributed by atoms with Gasteiger partial charge in [0.05, 0.1) is 33.8 Å². The standard InChI is InChI=1S/C25H25ClFN5O2/c26-17-6-4-7-19(23(17)27)30-25-22-18(28-16-29-25)9-10-20-24(22)34-15-14-32(20)21(33)8-5-13-31-11-2-1-3-12-31/h4-10,16H,1-3,11-15H2,(H,28,29,30)/b8-5+. The van der Waals surface area contributed by atoms with Crippen LogP contribution in [0.3, 0.4) is 0 Å². The maximum atomic E-state index is 14.5. The summed E-state index contributed by atoms with van der Waals surface area (Å²) in [5.41, 5.74) is 1.44. The van der Waals surface area contributed by atoms with Gasteiger partial charge in [0.25, 0.3) is 5.91 Å². The minimum absolute atomic E-state index is 0.00903. The number of hydrogen-bond donors (Lipinski definition) is 1. The lowest BCUT2D eigenvalue weighted by Crippen LogP contribution is -2.37. The second-order valence-corrected chi connectivity index (χ2v) is 8.77. The Morgan fingerprint density at radius 3 is 2.85 bits per heavy atom. The smallest absolute Gasteiger partial charge is 0.250 e. The lowest BCUT2D eigenvalue weighted by Gasteiger charge is -2.30. The van der Waals surface area contributed by atoms with E-state index in [0.717, 1.165) is 19.6 Å². The summed E-state index contributed by atoms with van der Waals surface area (Å²) in [5, 5.41) is 3.59. The number of halogens is 2. The first-order valence-electron chi connectivity index (χ1n) is 11.4. The van der Waals surface area contributed by atoms with Gasteiger partial charge >= 0.3 is 0 Å². The van der Waals surface area contributed by atoms with Gasteiger partial charge in [0.15, 0.2) is 11.6 Å². The normalized spacial score (nSPS) is 16.5. The highest BCUT2D eigenvalue weighted by molar-refractivity contribution is 6.31. The molecule has 0 atom stereocenters. The van der Waals surface area contributed by atoms with Crippen molar-refractivity contribution in [3.63, 3.8) is 0 Å². The van der Waals surface area contributed by atoms with Crippen molar-refractivity contribution in [2.75, 3.05) is 43.0 Å². The van der Waals surface area contributed by atoms with Gasteiger partial charge in [0.1, 0.15) is 18.8 Å². The van der Waals surface area contributed by atoms with Gasteiger partial charge in [-0.15, -0.1) is 0 Å². The zero-order valence-electron chi connectivity index (χ0n) is 18.6. The first-order valence-corrected chi connectivity index (χ1v) is 11.8. The molecule has 9 heteroatoms. The summed E-state index contributed by atoms with van der Waals surface area (Å²) in [5.74, 6) is 0.190. The molecule has 1 amide bonds. The van der Waals surface area contributed by atoms with Gasteiger partial charge in [-0.2, -0.15) is 0 Å². The van der Waals surface area contributed by atoms with Gasteiger partial charge in [-0.1, -0.05) is 30.2 Å². The molecular formula is C25H25ClFN5O2. The molecule has 34 heavy (non-hydrogen) atoms. The summed E-state index contributed by atoms with van der Waals surface area (Å²) in [6.07, 6.45) is 8.67. The summed E-state index contributed by atoms with van der Waals surface area (Å²) in [6.45, 7) is 3.69. The molecule has 2 aromatic carbocycles. The first kappa shape index (κ1) is 22.6. The van der Waals surface area contributed by atoms with Crippen LogP contribution in [0, 0.1) is 5.82 Å². The van der Waals surface area contributed by atoms with E-state index < -0.39 is 5.82 Å². The number of nitrogens with zero attached hydrogens (tertiary/aromatic N) is 4. The lowest BCUT2D eigenvalue weighted by atomic mass is 10.1. The largest absolute Gasteiger partial charge is 0.489 e. The number of anilines is 3. The number of piperidine rings is 1. The van der Waals surface area contributed by atoms with Crippen molar-refractivity contribution >= 4 is 45.6 Å². The van der Waals surface area contributed by atoms with E-state index in [2.05, 4.69) is 20.2 Å². The molecule has 176 valence electrons. The zero-order valence-corrected chi connectivity index (χ0v) is 19.4. The maximum absolute atomic E-state index is 14.5. The lowest BCUT2D eigenvalue weighted by molar-refractivity contribution is -0.114. The summed E-state index contributed by atoms with van der Waals surface area (Å²) < 4.78 is 20.5. The molecule has 0 bridgehead atoms. The molecule has 0 spiro atoms. The van der Waals surface area contributed by atoms with E-state index in [0.29, 0.717) is 41.3 Å². The monoisotopic (exact) mass is 481 g/mol. The predicted molar refractivity (Wildman–Crippen MR) is 132 cm³/mol. The van der Waals surface area contributed by atoms with Crippen LogP contribution >= 0.6 is 11.6 Å². The number of hydrogen-bond acceptors (Lipinski definition) is 6. The van der Waals surface area contributed by atoms with Crippen molar-refractivity contribution < 1.29 is 13.9 Å². The molecule has 0 unspecified atom stereocenters. The number of carbonyl (C=O) groups is 1. The molecule has 1 aromatic heterocycles. The molecule has 0 radical (unpaired) electrons. The topological polar surface area (TPSA) is 70.6 Å². The minimum Gasteiger partial charge on any atom is -0.489 e. The fraction of sp³-hybridized carbons (Fsp3) is 0.320. The van der Waals surface area contributed by atoms with Gasteiger partial charge in [0, 0.05) is 12.6 Å². The minimum atomic E-state index is -0.572. The van der Waals surface area contributed by atoms with E-state index in [-0.39, 0.29) is 16.6 Å². The number of amides is 1. The summed E-state index contributed by atoms with van der Waals surface area (Å²) in [7, 11) is 0. The molecule has 5 rings (SSSR count). The Labute approximate surface area is 202 Å². The van der Waals surface area contributed by atoms with Gasteiger partial charge in [-0.25, -0.2) is 14.4 Å². The van der Waals surface area contributed by atoms with Gasteiger partial charge in [-0.3, -0.25) is 9.69 Å². The Hall–Kier alpha value is -3.23. The van der Waals surface area contributed by atoms with Crippen LogP contribution in [0.1, 0.15) is 19.3 Å². The van der Waals surface area contributed by atoms with E-state index >= 15 is 0 Å². The van der Waals surface area contributed by atoms with Crippen LogP contribution in [0.4, 0.5) is 21.6 Å². The molecule has 0 aliphatic carbocycles. The van der Waals surface area contributed by atoms with Crippen LogP contribution in [0.5, 0.6) is 5.75 Å². The number of benzene rings is 2. The third-order valence-corrected chi connectivity index (χ3v) is 6.42.